The number of rotatable bonds is 4. The Morgan fingerprint density at radius 1 is 1.40 bits per heavy atom. The highest BCUT2D eigenvalue weighted by molar-refractivity contribution is 7.21. The fourth-order valence-corrected chi connectivity index (χ4v) is 4.58. The highest BCUT2D eigenvalue weighted by Crippen LogP contribution is 2.38. The Hall–Kier alpha value is -1.79. The number of thiophene rings is 1. The van der Waals surface area contributed by atoms with Crippen molar-refractivity contribution in [3.63, 3.8) is 0 Å². The van der Waals surface area contributed by atoms with Crippen LogP contribution < -0.4 is 4.74 Å². The van der Waals surface area contributed by atoms with Gasteiger partial charge in [0.25, 0.3) is 5.91 Å². The number of hydrogen-bond acceptors (Lipinski definition) is 5. The highest BCUT2D eigenvalue weighted by Gasteiger charge is 2.31. The number of ether oxygens (including phenoxy) is 2. The Morgan fingerprint density at radius 2 is 2.20 bits per heavy atom. The van der Waals surface area contributed by atoms with Gasteiger partial charge in [0.15, 0.2) is 0 Å². The number of halogens is 1. The molecule has 0 bridgehead atoms. The number of likely N-dealkylation sites (tertiary alicyclic amines) is 1. The zero-order valence-electron chi connectivity index (χ0n) is 14.2. The molecule has 1 aliphatic heterocycles. The predicted molar refractivity (Wildman–Crippen MR) is 98.6 cm³/mol. The van der Waals surface area contributed by atoms with Gasteiger partial charge in [-0.1, -0.05) is 11.6 Å². The topological polar surface area (TPSA) is 55.8 Å². The number of fused-ring (bicyclic) bond motifs is 1. The summed E-state index contributed by atoms with van der Waals surface area (Å²) in [5.41, 5.74) is 0. The summed E-state index contributed by atoms with van der Waals surface area (Å²) in [5, 5.41) is 1.31. The maximum absolute atomic E-state index is 12.9. The molecule has 5 nitrogen and oxygen atoms in total. The number of piperidine rings is 1. The van der Waals surface area contributed by atoms with Gasteiger partial charge in [-0.05, 0) is 38.0 Å². The Kier molecular flexibility index (Phi) is 5.49. The van der Waals surface area contributed by atoms with E-state index in [0.29, 0.717) is 29.6 Å². The van der Waals surface area contributed by atoms with Crippen molar-refractivity contribution in [1.82, 2.24) is 4.90 Å². The molecule has 1 atom stereocenters. The number of carbonyl (C=O) groups is 2. The minimum Gasteiger partial charge on any atom is -0.497 e. The van der Waals surface area contributed by atoms with Gasteiger partial charge in [0.1, 0.15) is 10.6 Å². The molecule has 0 saturated carbocycles. The van der Waals surface area contributed by atoms with Crippen LogP contribution in [0.4, 0.5) is 0 Å². The second-order valence-corrected chi connectivity index (χ2v) is 7.38. The van der Waals surface area contributed by atoms with E-state index in [4.69, 9.17) is 21.1 Å². The number of hydrogen-bond donors (Lipinski definition) is 0. The summed E-state index contributed by atoms with van der Waals surface area (Å²) in [6.45, 7) is 3.15. The molecule has 3 rings (SSSR count). The second-order valence-electron chi connectivity index (χ2n) is 5.95. The van der Waals surface area contributed by atoms with Crippen LogP contribution in [-0.2, 0) is 9.53 Å². The number of nitrogens with zero attached hydrogens (tertiary/aromatic N) is 1. The van der Waals surface area contributed by atoms with E-state index in [0.717, 1.165) is 28.7 Å². The van der Waals surface area contributed by atoms with Crippen molar-refractivity contribution < 1.29 is 19.1 Å². The first kappa shape index (κ1) is 18.0. The Balaban J connectivity index is 1.83. The number of methoxy groups -OCH3 is 1. The van der Waals surface area contributed by atoms with Crippen LogP contribution in [0.5, 0.6) is 5.75 Å². The van der Waals surface area contributed by atoms with Gasteiger partial charge in [-0.15, -0.1) is 11.3 Å². The Labute approximate surface area is 155 Å². The average Bonchev–Trinajstić information content (AvgIpc) is 2.97. The first-order valence-corrected chi connectivity index (χ1v) is 9.46. The molecule has 2 heterocycles. The molecule has 1 amide bonds. The van der Waals surface area contributed by atoms with Crippen molar-refractivity contribution in [1.29, 1.82) is 0 Å². The van der Waals surface area contributed by atoms with Crippen molar-refractivity contribution in [3.8, 4) is 5.75 Å². The molecule has 134 valence electrons. The van der Waals surface area contributed by atoms with Crippen LogP contribution in [0, 0.1) is 5.92 Å². The van der Waals surface area contributed by atoms with Gasteiger partial charge in [-0.2, -0.15) is 0 Å². The molecule has 0 radical (unpaired) electrons. The molecule has 25 heavy (non-hydrogen) atoms. The van der Waals surface area contributed by atoms with Gasteiger partial charge in [-0.25, -0.2) is 0 Å². The van der Waals surface area contributed by atoms with Crippen molar-refractivity contribution >= 4 is 44.9 Å². The Morgan fingerprint density at radius 3 is 2.92 bits per heavy atom. The van der Waals surface area contributed by atoms with E-state index < -0.39 is 0 Å². The summed E-state index contributed by atoms with van der Waals surface area (Å²) in [5.74, 6) is 0.113. The monoisotopic (exact) mass is 381 g/mol. The fraction of sp³-hybridized carbons (Fsp3) is 0.444. The van der Waals surface area contributed by atoms with E-state index in [1.165, 1.54) is 11.3 Å². The van der Waals surface area contributed by atoms with Crippen LogP contribution >= 0.6 is 22.9 Å². The molecule has 7 heteroatoms. The van der Waals surface area contributed by atoms with Crippen LogP contribution in [-0.4, -0.2) is 43.6 Å². The molecular weight excluding hydrogens is 362 g/mol. The zero-order chi connectivity index (χ0) is 18.0. The zero-order valence-corrected chi connectivity index (χ0v) is 15.8. The summed E-state index contributed by atoms with van der Waals surface area (Å²) in [4.78, 5) is 27.1. The smallest absolute Gasteiger partial charge is 0.310 e. The third kappa shape index (κ3) is 3.60. The highest BCUT2D eigenvalue weighted by atomic mass is 35.5. The van der Waals surface area contributed by atoms with E-state index in [-0.39, 0.29) is 17.8 Å². The normalized spacial score (nSPS) is 17.6. The summed E-state index contributed by atoms with van der Waals surface area (Å²) < 4.78 is 11.2. The van der Waals surface area contributed by atoms with Crippen molar-refractivity contribution in [3.05, 3.63) is 28.1 Å². The lowest BCUT2D eigenvalue weighted by Gasteiger charge is -2.31. The molecule has 1 aromatic heterocycles. The van der Waals surface area contributed by atoms with Gasteiger partial charge < -0.3 is 14.4 Å². The standard InChI is InChI=1S/C18H20ClNO4S/c1-3-24-18(22)11-5-4-8-20(10-11)17(21)16-15(19)13-7-6-12(23-2)9-14(13)25-16/h6-7,9,11H,3-5,8,10H2,1-2H3. The molecule has 1 fully saturated rings. The van der Waals surface area contributed by atoms with Crippen LogP contribution in [0.2, 0.25) is 5.02 Å². The maximum atomic E-state index is 12.9. The first-order valence-electron chi connectivity index (χ1n) is 8.27. The molecule has 1 aliphatic rings. The lowest BCUT2D eigenvalue weighted by Crippen LogP contribution is -2.42. The Bertz CT molecular complexity index is 804. The third-order valence-corrected chi connectivity index (χ3v) is 6.00. The van der Waals surface area contributed by atoms with Gasteiger partial charge in [0.05, 0.1) is 24.7 Å². The first-order chi connectivity index (χ1) is 12.0. The van der Waals surface area contributed by atoms with Gasteiger partial charge in [0, 0.05) is 23.2 Å². The number of benzene rings is 1. The molecular formula is C18H20ClNO4S. The molecule has 0 N–H and O–H groups in total. The van der Waals surface area contributed by atoms with Gasteiger partial charge >= 0.3 is 5.97 Å². The van der Waals surface area contributed by atoms with Gasteiger partial charge in [-0.3, -0.25) is 9.59 Å². The molecule has 1 saturated heterocycles. The van der Waals surface area contributed by atoms with E-state index in [9.17, 15) is 9.59 Å². The maximum Gasteiger partial charge on any atom is 0.310 e. The largest absolute Gasteiger partial charge is 0.497 e. The summed E-state index contributed by atoms with van der Waals surface area (Å²) in [6.07, 6.45) is 1.53. The summed E-state index contributed by atoms with van der Waals surface area (Å²) in [6, 6.07) is 5.56. The number of carbonyl (C=O) groups excluding carboxylic acids is 2. The van der Waals surface area contributed by atoms with Crippen molar-refractivity contribution in [2.45, 2.75) is 19.8 Å². The van der Waals surface area contributed by atoms with E-state index in [1.54, 1.807) is 18.9 Å². The number of esters is 1. The van der Waals surface area contributed by atoms with Crippen LogP contribution in [0.25, 0.3) is 10.1 Å². The average molecular weight is 382 g/mol. The predicted octanol–water partition coefficient (Wildman–Crippen LogP) is 3.98. The molecule has 0 spiro atoms. The van der Waals surface area contributed by atoms with Crippen LogP contribution in [0.1, 0.15) is 29.4 Å². The van der Waals surface area contributed by atoms with Crippen molar-refractivity contribution in [2.24, 2.45) is 5.92 Å². The summed E-state index contributed by atoms with van der Waals surface area (Å²) >= 11 is 7.80. The summed E-state index contributed by atoms with van der Waals surface area (Å²) in [7, 11) is 1.60. The fourth-order valence-electron chi connectivity index (χ4n) is 3.07. The molecule has 0 aliphatic carbocycles. The second kappa shape index (κ2) is 7.62. The van der Waals surface area contributed by atoms with E-state index in [2.05, 4.69) is 0 Å². The minimum atomic E-state index is -0.258. The molecule has 1 aromatic carbocycles. The van der Waals surface area contributed by atoms with E-state index >= 15 is 0 Å². The molecule has 2 aromatic rings. The lowest BCUT2D eigenvalue weighted by atomic mass is 9.98. The van der Waals surface area contributed by atoms with Crippen LogP contribution in [0.3, 0.4) is 0 Å². The third-order valence-electron chi connectivity index (χ3n) is 4.36. The molecule has 1 unspecified atom stereocenters. The van der Waals surface area contributed by atoms with Crippen molar-refractivity contribution in [2.75, 3.05) is 26.8 Å². The van der Waals surface area contributed by atoms with E-state index in [1.807, 2.05) is 18.2 Å². The van der Waals surface area contributed by atoms with Crippen LogP contribution in [0.15, 0.2) is 18.2 Å². The quantitative estimate of drug-likeness (QED) is 0.752. The van der Waals surface area contributed by atoms with Gasteiger partial charge in [0.2, 0.25) is 0 Å². The number of amides is 1. The SMILES string of the molecule is CCOC(=O)C1CCCN(C(=O)c2sc3cc(OC)ccc3c2Cl)C1. The minimum absolute atomic E-state index is 0.126. The lowest BCUT2D eigenvalue weighted by molar-refractivity contribution is -0.149.